The Morgan fingerprint density at radius 2 is 2.14 bits per heavy atom. The Hall–Kier alpha value is -0.260. The normalized spacial score (nSPS) is 14.4. The highest BCUT2D eigenvalue weighted by Crippen LogP contribution is 2.19. The highest BCUT2D eigenvalue weighted by Gasteiger charge is 2.21. The number of ether oxygens (including phenoxy) is 1. The minimum atomic E-state index is -2.65. The summed E-state index contributed by atoms with van der Waals surface area (Å²) in [5, 5.41) is 8.43. The van der Waals surface area contributed by atoms with Crippen LogP contribution in [0.15, 0.2) is 0 Å². The van der Waals surface area contributed by atoms with Gasteiger partial charge in [-0.3, -0.25) is 0 Å². The third-order valence-electron chi connectivity index (χ3n) is 1.73. The van der Waals surface area contributed by atoms with Crippen LogP contribution in [0.4, 0.5) is 8.78 Å². The van der Waals surface area contributed by atoms with Gasteiger partial charge in [-0.2, -0.15) is 0 Å². The molecule has 0 heterocycles. The summed E-state index contributed by atoms with van der Waals surface area (Å²) in [6.07, 6.45) is 0.594. The summed E-state index contributed by atoms with van der Waals surface area (Å²) in [6.45, 7) is 1.65. The predicted molar refractivity (Wildman–Crippen MR) is 50.4 cm³/mol. The predicted octanol–water partition coefficient (Wildman–Crippen LogP) is 1.15. The van der Waals surface area contributed by atoms with Gasteiger partial charge in [0.2, 0.25) is 5.92 Å². The second kappa shape index (κ2) is 7.09. The van der Waals surface area contributed by atoms with E-state index in [1.54, 1.807) is 0 Å². The van der Waals surface area contributed by atoms with Crippen molar-refractivity contribution in [3.8, 4) is 0 Å². The van der Waals surface area contributed by atoms with E-state index in [2.05, 4.69) is 0 Å². The Labute approximate surface area is 83.2 Å². The Morgan fingerprint density at radius 1 is 1.50 bits per heavy atom. The monoisotopic (exact) mass is 211 g/mol. The summed E-state index contributed by atoms with van der Waals surface area (Å²) >= 11 is 0. The molecule has 0 aromatic carbocycles. The van der Waals surface area contributed by atoms with E-state index in [1.165, 1.54) is 0 Å². The molecule has 0 radical (unpaired) electrons. The average Bonchev–Trinajstić information content (AvgIpc) is 2.08. The number of aliphatic hydroxyl groups excluding tert-OH is 1. The zero-order valence-corrected chi connectivity index (χ0v) is 8.51. The van der Waals surface area contributed by atoms with Crippen molar-refractivity contribution >= 4 is 0 Å². The fourth-order valence-electron chi connectivity index (χ4n) is 0.923. The molecule has 3 N–H and O–H groups in total. The van der Waals surface area contributed by atoms with Gasteiger partial charge in [0.15, 0.2) is 0 Å². The first kappa shape index (κ1) is 13.7. The Kier molecular flexibility index (Phi) is 6.96. The third kappa shape index (κ3) is 9.83. The molecule has 0 saturated heterocycles. The second-order valence-electron chi connectivity index (χ2n) is 3.52. The lowest BCUT2D eigenvalue weighted by molar-refractivity contribution is 0.00570. The maximum atomic E-state index is 12.4. The van der Waals surface area contributed by atoms with Crippen LogP contribution < -0.4 is 5.73 Å². The van der Waals surface area contributed by atoms with Crippen molar-refractivity contribution in [3.05, 3.63) is 0 Å². The van der Waals surface area contributed by atoms with Crippen molar-refractivity contribution in [2.75, 3.05) is 19.8 Å². The van der Waals surface area contributed by atoms with Crippen molar-refractivity contribution in [3.63, 3.8) is 0 Å². The number of nitrogens with two attached hydrogens (primary N) is 1. The lowest BCUT2D eigenvalue weighted by Crippen LogP contribution is -2.28. The summed E-state index contributed by atoms with van der Waals surface area (Å²) in [7, 11) is 0. The molecule has 0 unspecified atom stereocenters. The molecule has 86 valence electrons. The van der Waals surface area contributed by atoms with E-state index >= 15 is 0 Å². The van der Waals surface area contributed by atoms with Crippen LogP contribution in [0.25, 0.3) is 0 Å². The lowest BCUT2D eigenvalue weighted by Gasteiger charge is -2.15. The molecule has 14 heavy (non-hydrogen) atoms. The summed E-state index contributed by atoms with van der Waals surface area (Å²) in [5.74, 6) is -2.65. The Morgan fingerprint density at radius 3 is 2.64 bits per heavy atom. The van der Waals surface area contributed by atoms with E-state index in [4.69, 9.17) is 15.6 Å². The molecule has 0 spiro atoms. The zero-order valence-electron chi connectivity index (χ0n) is 8.51. The zero-order chi connectivity index (χ0) is 11.0. The second-order valence-corrected chi connectivity index (χ2v) is 3.52. The van der Waals surface area contributed by atoms with E-state index in [1.807, 2.05) is 0 Å². The maximum Gasteiger partial charge on any atom is 0.245 e. The lowest BCUT2D eigenvalue weighted by atomic mass is 10.1. The van der Waals surface area contributed by atoms with Crippen molar-refractivity contribution in [2.45, 2.75) is 38.2 Å². The average molecular weight is 211 g/mol. The van der Waals surface area contributed by atoms with E-state index in [0.717, 1.165) is 6.92 Å². The number of aliphatic hydroxyl groups is 1. The maximum absolute atomic E-state index is 12.4. The molecule has 0 aliphatic carbocycles. The van der Waals surface area contributed by atoms with Gasteiger partial charge in [0.05, 0.1) is 6.61 Å². The van der Waals surface area contributed by atoms with Gasteiger partial charge in [0, 0.05) is 25.7 Å². The van der Waals surface area contributed by atoms with Crippen LogP contribution in [0.5, 0.6) is 0 Å². The van der Waals surface area contributed by atoms with Gasteiger partial charge in [-0.1, -0.05) is 0 Å². The van der Waals surface area contributed by atoms with Crippen molar-refractivity contribution in [1.82, 2.24) is 0 Å². The van der Waals surface area contributed by atoms with E-state index in [0.29, 0.717) is 13.0 Å². The van der Waals surface area contributed by atoms with Crippen LogP contribution in [0.3, 0.4) is 0 Å². The quantitative estimate of drug-likeness (QED) is 0.592. The Bertz CT molecular complexity index is 139. The minimum absolute atomic E-state index is 0.0717. The molecule has 0 amide bonds. The van der Waals surface area contributed by atoms with Gasteiger partial charge in [-0.25, -0.2) is 8.78 Å². The number of hydrogen-bond donors (Lipinski definition) is 2. The molecule has 0 saturated carbocycles. The Balaban J connectivity index is 3.32. The SMILES string of the molecule is CC(F)(F)CC[C@H](N)COCCCO. The van der Waals surface area contributed by atoms with E-state index in [9.17, 15) is 8.78 Å². The molecule has 0 aromatic rings. The summed E-state index contributed by atoms with van der Waals surface area (Å²) in [6, 6.07) is -0.348. The molecule has 1 atom stereocenters. The van der Waals surface area contributed by atoms with Gasteiger partial charge in [0.1, 0.15) is 0 Å². The minimum Gasteiger partial charge on any atom is -0.396 e. The highest BCUT2D eigenvalue weighted by atomic mass is 19.3. The fourth-order valence-corrected chi connectivity index (χ4v) is 0.923. The van der Waals surface area contributed by atoms with Crippen LogP contribution in [0.2, 0.25) is 0 Å². The summed E-state index contributed by atoms with van der Waals surface area (Å²) in [4.78, 5) is 0. The van der Waals surface area contributed by atoms with Crippen LogP contribution in [-0.2, 0) is 4.74 Å². The first-order valence-corrected chi connectivity index (χ1v) is 4.77. The van der Waals surface area contributed by atoms with Crippen molar-refractivity contribution in [1.29, 1.82) is 0 Å². The van der Waals surface area contributed by atoms with Gasteiger partial charge in [0.25, 0.3) is 0 Å². The summed E-state index contributed by atoms with van der Waals surface area (Å²) in [5.41, 5.74) is 5.54. The first-order valence-electron chi connectivity index (χ1n) is 4.77. The van der Waals surface area contributed by atoms with Crippen molar-refractivity contribution in [2.24, 2.45) is 5.73 Å². The van der Waals surface area contributed by atoms with Crippen molar-refractivity contribution < 1.29 is 18.6 Å². The van der Waals surface area contributed by atoms with Crippen LogP contribution >= 0.6 is 0 Å². The highest BCUT2D eigenvalue weighted by molar-refractivity contribution is 4.66. The molecule has 0 aliphatic heterocycles. The van der Waals surface area contributed by atoms with Gasteiger partial charge in [-0.05, 0) is 19.8 Å². The van der Waals surface area contributed by atoms with Crippen LogP contribution in [0, 0.1) is 0 Å². The standard InChI is InChI=1S/C9H19F2NO2/c1-9(10,11)4-3-8(12)7-14-6-2-5-13/h8,13H,2-7,12H2,1H3/t8-/m0/s1. The number of hydrogen-bond acceptors (Lipinski definition) is 3. The van der Waals surface area contributed by atoms with Crippen LogP contribution in [-0.4, -0.2) is 36.9 Å². The van der Waals surface area contributed by atoms with Crippen LogP contribution in [0.1, 0.15) is 26.2 Å². The van der Waals surface area contributed by atoms with E-state index < -0.39 is 5.92 Å². The molecule has 0 aromatic heterocycles. The number of rotatable bonds is 8. The number of halogens is 2. The molecular formula is C9H19F2NO2. The summed E-state index contributed by atoms with van der Waals surface area (Å²) < 4.78 is 29.9. The van der Waals surface area contributed by atoms with Gasteiger partial charge >= 0.3 is 0 Å². The molecule has 0 rings (SSSR count). The smallest absolute Gasteiger partial charge is 0.245 e. The largest absolute Gasteiger partial charge is 0.396 e. The third-order valence-corrected chi connectivity index (χ3v) is 1.73. The van der Waals surface area contributed by atoms with E-state index in [-0.39, 0.29) is 32.1 Å². The molecule has 0 aliphatic rings. The first-order chi connectivity index (χ1) is 6.45. The molecule has 5 heteroatoms. The number of alkyl halides is 2. The topological polar surface area (TPSA) is 55.5 Å². The van der Waals surface area contributed by atoms with Gasteiger partial charge < -0.3 is 15.6 Å². The molecule has 0 fully saturated rings. The molecule has 3 nitrogen and oxygen atoms in total. The fraction of sp³-hybridized carbons (Fsp3) is 1.00. The molecule has 0 bridgehead atoms. The molecular weight excluding hydrogens is 192 g/mol. The van der Waals surface area contributed by atoms with Gasteiger partial charge in [-0.15, -0.1) is 0 Å².